The molecule has 25 heavy (non-hydrogen) atoms. The standard InChI is InChI=1S/C21H29NO3/c1-3-16(23)12-21-8-9-22(13-14-4-5-14)19(20(21,2)25)10-15-6-7-17(24)11-18(15)21/h6-7,11,14,19,24-25H,3-5,8-10,12-13H2,1-2H3/t19?,20?,21-/m1/s1. The second kappa shape index (κ2) is 5.82. The molecule has 0 radical (unpaired) electrons. The van der Waals surface area contributed by atoms with Crippen molar-refractivity contribution >= 4 is 5.78 Å². The molecule has 2 N–H and O–H groups in total. The second-order valence-corrected chi connectivity index (χ2v) is 8.55. The Morgan fingerprint density at radius 1 is 1.36 bits per heavy atom. The first kappa shape index (κ1) is 17.0. The topological polar surface area (TPSA) is 60.8 Å². The van der Waals surface area contributed by atoms with Crippen molar-refractivity contribution in [1.29, 1.82) is 0 Å². The number of aromatic hydroxyl groups is 1. The van der Waals surface area contributed by atoms with Gasteiger partial charge in [0.25, 0.3) is 0 Å². The number of hydrogen-bond donors (Lipinski definition) is 2. The molecule has 2 bridgehead atoms. The Kier molecular flexibility index (Phi) is 3.97. The van der Waals surface area contributed by atoms with Gasteiger partial charge in [0.2, 0.25) is 0 Å². The van der Waals surface area contributed by atoms with E-state index in [1.165, 1.54) is 18.4 Å². The first-order valence-electron chi connectivity index (χ1n) is 9.68. The third-order valence-electron chi connectivity index (χ3n) is 6.99. The van der Waals surface area contributed by atoms with Gasteiger partial charge < -0.3 is 10.2 Å². The SMILES string of the molecule is CCC(=O)C[C@]12CCN(CC3CC3)C(Cc3ccc(O)cc31)C2(C)O. The van der Waals surface area contributed by atoms with E-state index >= 15 is 0 Å². The van der Waals surface area contributed by atoms with Crippen LogP contribution >= 0.6 is 0 Å². The zero-order chi connectivity index (χ0) is 17.8. The lowest BCUT2D eigenvalue weighted by Gasteiger charge is -2.60. The number of Topliss-reactive ketones (excluding diaryl/α,β-unsaturated/α-hetero) is 1. The molecule has 2 fully saturated rings. The van der Waals surface area contributed by atoms with Crippen molar-refractivity contribution in [3.8, 4) is 5.75 Å². The Bertz CT molecular complexity index is 694. The first-order chi connectivity index (χ1) is 11.9. The summed E-state index contributed by atoms with van der Waals surface area (Å²) in [6, 6.07) is 5.55. The van der Waals surface area contributed by atoms with Crippen LogP contribution in [-0.2, 0) is 16.6 Å². The summed E-state index contributed by atoms with van der Waals surface area (Å²) in [5.41, 5.74) is 0.614. The average molecular weight is 343 g/mol. The fourth-order valence-electron chi connectivity index (χ4n) is 5.22. The normalized spacial score (nSPS) is 34.6. The predicted molar refractivity (Wildman–Crippen MR) is 96.7 cm³/mol. The van der Waals surface area contributed by atoms with Crippen LogP contribution < -0.4 is 0 Å². The Labute approximate surface area is 149 Å². The van der Waals surface area contributed by atoms with Gasteiger partial charge in [0.15, 0.2) is 0 Å². The molecule has 4 nitrogen and oxygen atoms in total. The van der Waals surface area contributed by atoms with Gasteiger partial charge in [0, 0.05) is 30.8 Å². The number of likely N-dealkylation sites (tertiary alicyclic amines) is 1. The lowest BCUT2D eigenvalue weighted by atomic mass is 9.53. The maximum atomic E-state index is 12.4. The number of phenols is 1. The van der Waals surface area contributed by atoms with E-state index in [0.717, 1.165) is 37.4 Å². The molecule has 4 heteroatoms. The minimum absolute atomic E-state index is 0.0450. The van der Waals surface area contributed by atoms with Gasteiger partial charge in [-0.3, -0.25) is 9.69 Å². The number of piperidine rings is 1. The summed E-state index contributed by atoms with van der Waals surface area (Å²) in [7, 11) is 0. The molecule has 0 aromatic heterocycles. The third-order valence-corrected chi connectivity index (χ3v) is 6.99. The van der Waals surface area contributed by atoms with Gasteiger partial charge in [-0.2, -0.15) is 0 Å². The minimum Gasteiger partial charge on any atom is -0.508 e. The van der Waals surface area contributed by atoms with Crippen LogP contribution in [0.15, 0.2) is 18.2 Å². The lowest BCUT2D eigenvalue weighted by Crippen LogP contribution is -2.70. The van der Waals surface area contributed by atoms with Crippen LogP contribution in [0.25, 0.3) is 0 Å². The Hall–Kier alpha value is -1.39. The quantitative estimate of drug-likeness (QED) is 0.863. The van der Waals surface area contributed by atoms with Crippen LogP contribution in [0.3, 0.4) is 0 Å². The van der Waals surface area contributed by atoms with Crippen molar-refractivity contribution in [2.24, 2.45) is 5.92 Å². The largest absolute Gasteiger partial charge is 0.508 e. The zero-order valence-electron chi connectivity index (χ0n) is 15.3. The number of carbonyl (C=O) groups excluding carboxylic acids is 1. The lowest BCUT2D eigenvalue weighted by molar-refractivity contribution is -0.148. The minimum atomic E-state index is -0.967. The number of nitrogens with zero attached hydrogens (tertiary/aromatic N) is 1. The Morgan fingerprint density at radius 2 is 2.12 bits per heavy atom. The summed E-state index contributed by atoms with van der Waals surface area (Å²) >= 11 is 0. The molecule has 2 aliphatic carbocycles. The Morgan fingerprint density at radius 3 is 2.80 bits per heavy atom. The van der Waals surface area contributed by atoms with E-state index in [-0.39, 0.29) is 17.6 Å². The molecule has 1 saturated heterocycles. The highest BCUT2D eigenvalue weighted by Crippen LogP contribution is 2.54. The number of carbonyl (C=O) groups is 1. The molecule has 2 unspecified atom stereocenters. The monoisotopic (exact) mass is 343 g/mol. The molecule has 0 spiro atoms. The van der Waals surface area contributed by atoms with E-state index < -0.39 is 11.0 Å². The zero-order valence-corrected chi connectivity index (χ0v) is 15.3. The molecule has 1 heterocycles. The molecular weight excluding hydrogens is 314 g/mol. The van der Waals surface area contributed by atoms with Crippen LogP contribution in [0, 0.1) is 5.92 Å². The summed E-state index contributed by atoms with van der Waals surface area (Å²) in [4.78, 5) is 14.9. The number of rotatable bonds is 5. The highest BCUT2D eigenvalue weighted by Gasteiger charge is 2.60. The van der Waals surface area contributed by atoms with Gasteiger partial charge in [-0.1, -0.05) is 13.0 Å². The van der Waals surface area contributed by atoms with Gasteiger partial charge in [-0.25, -0.2) is 0 Å². The van der Waals surface area contributed by atoms with E-state index in [1.54, 1.807) is 12.1 Å². The van der Waals surface area contributed by atoms with Crippen LogP contribution in [-0.4, -0.2) is 45.6 Å². The molecule has 0 amide bonds. The van der Waals surface area contributed by atoms with Crippen LogP contribution in [0.5, 0.6) is 5.75 Å². The molecule has 1 aromatic carbocycles. The fraction of sp³-hybridized carbons (Fsp3) is 0.667. The molecular formula is C21H29NO3. The number of hydrogen-bond acceptors (Lipinski definition) is 4. The number of ketones is 1. The van der Waals surface area contributed by atoms with Crippen molar-refractivity contribution in [2.75, 3.05) is 13.1 Å². The van der Waals surface area contributed by atoms with Gasteiger partial charge >= 0.3 is 0 Å². The summed E-state index contributed by atoms with van der Waals surface area (Å²) in [6.07, 6.45) is 5.01. The van der Waals surface area contributed by atoms with Crippen LogP contribution in [0.2, 0.25) is 0 Å². The van der Waals surface area contributed by atoms with Gasteiger partial charge in [-0.05, 0) is 68.3 Å². The summed E-state index contributed by atoms with van der Waals surface area (Å²) < 4.78 is 0. The van der Waals surface area contributed by atoms with Crippen molar-refractivity contribution in [3.05, 3.63) is 29.3 Å². The molecule has 1 saturated carbocycles. The fourth-order valence-corrected chi connectivity index (χ4v) is 5.22. The first-order valence-corrected chi connectivity index (χ1v) is 9.68. The predicted octanol–water partition coefficient (Wildman–Crippen LogP) is 2.79. The van der Waals surface area contributed by atoms with E-state index in [1.807, 2.05) is 19.9 Å². The number of phenolic OH excluding ortho intramolecular Hbond substituents is 1. The van der Waals surface area contributed by atoms with E-state index in [0.29, 0.717) is 12.8 Å². The summed E-state index contributed by atoms with van der Waals surface area (Å²) in [6.45, 7) is 5.79. The van der Waals surface area contributed by atoms with Crippen LogP contribution in [0.1, 0.15) is 57.1 Å². The van der Waals surface area contributed by atoms with Crippen LogP contribution in [0.4, 0.5) is 0 Å². The number of fused-ring (bicyclic) bond motifs is 4. The molecule has 136 valence electrons. The number of aliphatic hydroxyl groups is 1. The maximum absolute atomic E-state index is 12.4. The molecule has 4 rings (SSSR count). The molecule has 1 aromatic rings. The third kappa shape index (κ3) is 2.61. The summed E-state index contributed by atoms with van der Waals surface area (Å²) in [5, 5.41) is 21.8. The number of benzene rings is 1. The van der Waals surface area contributed by atoms with E-state index in [9.17, 15) is 15.0 Å². The molecule has 3 atom stereocenters. The van der Waals surface area contributed by atoms with E-state index in [4.69, 9.17) is 0 Å². The van der Waals surface area contributed by atoms with Crippen molar-refractivity contribution < 1.29 is 15.0 Å². The maximum Gasteiger partial charge on any atom is 0.133 e. The van der Waals surface area contributed by atoms with Gasteiger partial charge in [0.05, 0.1) is 5.60 Å². The second-order valence-electron chi connectivity index (χ2n) is 8.55. The molecule has 3 aliphatic rings. The van der Waals surface area contributed by atoms with Crippen molar-refractivity contribution in [3.63, 3.8) is 0 Å². The highest BCUT2D eigenvalue weighted by molar-refractivity contribution is 5.80. The van der Waals surface area contributed by atoms with Gasteiger partial charge in [-0.15, -0.1) is 0 Å². The van der Waals surface area contributed by atoms with Crippen molar-refractivity contribution in [1.82, 2.24) is 4.90 Å². The molecule has 1 aliphatic heterocycles. The van der Waals surface area contributed by atoms with E-state index in [2.05, 4.69) is 4.90 Å². The smallest absolute Gasteiger partial charge is 0.133 e. The summed E-state index contributed by atoms with van der Waals surface area (Å²) in [5.74, 6) is 1.18. The highest BCUT2D eigenvalue weighted by atomic mass is 16.3. The average Bonchev–Trinajstić information content (AvgIpc) is 3.37. The van der Waals surface area contributed by atoms with Crippen molar-refractivity contribution in [2.45, 2.75) is 69.4 Å². The van der Waals surface area contributed by atoms with Gasteiger partial charge in [0.1, 0.15) is 11.5 Å². The Balaban J connectivity index is 1.81.